The summed E-state index contributed by atoms with van der Waals surface area (Å²) in [6.45, 7) is 1.97. The van der Waals surface area contributed by atoms with Gasteiger partial charge in [-0.1, -0.05) is 19.1 Å². The van der Waals surface area contributed by atoms with Crippen molar-refractivity contribution < 1.29 is 23.4 Å². The van der Waals surface area contributed by atoms with Crippen LogP contribution in [0.1, 0.15) is 22.8 Å². The Kier molecular flexibility index (Phi) is 4.37. The lowest BCUT2D eigenvalue weighted by Gasteiger charge is -2.09. The number of carboxylic acids is 1. The number of aromatic carboxylic acids is 1. The molecular formula is C15H15NO5S. The normalized spacial score (nSPS) is 11.1. The number of sulfonamides is 1. The van der Waals surface area contributed by atoms with Gasteiger partial charge in [-0.05, 0) is 36.2 Å². The number of carboxylic acid groups (broad SMARTS) is 1. The third-order valence-corrected chi connectivity index (χ3v) is 4.52. The molecule has 0 bridgehead atoms. The van der Waals surface area contributed by atoms with Crippen molar-refractivity contribution in [1.82, 2.24) is 0 Å². The molecule has 0 saturated carbocycles. The molecule has 116 valence electrons. The lowest BCUT2D eigenvalue weighted by Crippen LogP contribution is -2.13. The number of aryl methyl sites for hydroxylation is 1. The maximum Gasteiger partial charge on any atom is 0.339 e. The molecule has 0 amide bonds. The van der Waals surface area contributed by atoms with Crippen molar-refractivity contribution in [3.05, 3.63) is 53.6 Å². The highest BCUT2D eigenvalue weighted by Gasteiger charge is 2.16. The monoisotopic (exact) mass is 321 g/mol. The minimum absolute atomic E-state index is 0.0852. The van der Waals surface area contributed by atoms with Crippen molar-refractivity contribution in [2.45, 2.75) is 18.2 Å². The molecule has 7 heteroatoms. The van der Waals surface area contributed by atoms with Gasteiger partial charge in [-0.25, -0.2) is 13.2 Å². The summed E-state index contributed by atoms with van der Waals surface area (Å²) >= 11 is 0. The number of hydrogen-bond acceptors (Lipinski definition) is 4. The Balaban J connectivity index is 2.28. The van der Waals surface area contributed by atoms with Crippen LogP contribution in [0.2, 0.25) is 0 Å². The number of anilines is 1. The Hall–Kier alpha value is -2.54. The molecule has 22 heavy (non-hydrogen) atoms. The summed E-state index contributed by atoms with van der Waals surface area (Å²) < 4.78 is 26.7. The predicted molar refractivity (Wildman–Crippen MR) is 81.7 cm³/mol. The van der Waals surface area contributed by atoms with Crippen LogP contribution >= 0.6 is 0 Å². The molecule has 0 atom stereocenters. The van der Waals surface area contributed by atoms with Gasteiger partial charge >= 0.3 is 5.97 Å². The van der Waals surface area contributed by atoms with Crippen molar-refractivity contribution in [2.24, 2.45) is 0 Å². The molecule has 3 N–H and O–H groups in total. The summed E-state index contributed by atoms with van der Waals surface area (Å²) in [5.74, 6) is -1.80. The second kappa shape index (κ2) is 6.07. The van der Waals surface area contributed by atoms with Crippen LogP contribution in [-0.4, -0.2) is 24.6 Å². The Morgan fingerprint density at radius 1 is 1.14 bits per heavy atom. The van der Waals surface area contributed by atoms with E-state index < -0.39 is 21.7 Å². The van der Waals surface area contributed by atoms with E-state index in [1.165, 1.54) is 18.2 Å². The number of carbonyl (C=O) groups is 1. The molecule has 2 rings (SSSR count). The van der Waals surface area contributed by atoms with Gasteiger partial charge in [0.05, 0.1) is 10.6 Å². The number of phenols is 1. The lowest BCUT2D eigenvalue weighted by atomic mass is 10.2. The fraction of sp³-hybridized carbons (Fsp3) is 0.133. The third-order valence-electron chi connectivity index (χ3n) is 3.12. The molecule has 0 saturated heterocycles. The first-order valence-electron chi connectivity index (χ1n) is 6.51. The Morgan fingerprint density at radius 2 is 1.77 bits per heavy atom. The van der Waals surface area contributed by atoms with Crippen LogP contribution in [0.5, 0.6) is 5.75 Å². The van der Waals surface area contributed by atoms with Crippen LogP contribution in [0, 0.1) is 0 Å². The van der Waals surface area contributed by atoms with Crippen molar-refractivity contribution >= 4 is 21.7 Å². The van der Waals surface area contributed by atoms with E-state index in [9.17, 15) is 18.3 Å². The summed E-state index contributed by atoms with van der Waals surface area (Å²) in [6.07, 6.45) is 0.804. The number of benzene rings is 2. The van der Waals surface area contributed by atoms with Crippen LogP contribution in [-0.2, 0) is 16.4 Å². The zero-order valence-corrected chi connectivity index (χ0v) is 12.6. The average Bonchev–Trinajstić information content (AvgIpc) is 2.46. The lowest BCUT2D eigenvalue weighted by molar-refractivity contribution is 0.0694. The number of nitrogens with one attached hydrogen (secondary N) is 1. The topological polar surface area (TPSA) is 104 Å². The Labute approximate surface area is 128 Å². The molecule has 2 aromatic rings. The van der Waals surface area contributed by atoms with Gasteiger partial charge in [-0.3, -0.25) is 4.72 Å². The highest BCUT2D eigenvalue weighted by atomic mass is 32.2. The molecule has 0 aliphatic heterocycles. The molecular weight excluding hydrogens is 306 g/mol. The number of hydrogen-bond donors (Lipinski definition) is 3. The molecule has 0 heterocycles. The zero-order chi connectivity index (χ0) is 16.3. The Morgan fingerprint density at radius 3 is 2.27 bits per heavy atom. The third kappa shape index (κ3) is 3.37. The minimum atomic E-state index is -3.80. The number of aromatic hydroxyl groups is 1. The second-order valence-electron chi connectivity index (χ2n) is 4.64. The standard InChI is InChI=1S/C15H15NO5S/c1-2-10-3-6-12(7-4-10)22(20,21)16-11-5-8-13(15(18)19)14(17)9-11/h3-9,16-17H,2H2,1H3,(H,18,19). The summed E-state index contributed by atoms with van der Waals surface area (Å²) in [7, 11) is -3.80. The second-order valence-corrected chi connectivity index (χ2v) is 6.32. The van der Waals surface area contributed by atoms with Crippen molar-refractivity contribution in [2.75, 3.05) is 4.72 Å². The first-order chi connectivity index (χ1) is 10.3. The van der Waals surface area contributed by atoms with E-state index >= 15 is 0 Å². The van der Waals surface area contributed by atoms with Gasteiger partial charge in [-0.15, -0.1) is 0 Å². The van der Waals surface area contributed by atoms with E-state index in [1.807, 2.05) is 6.92 Å². The van der Waals surface area contributed by atoms with Gasteiger partial charge in [0.2, 0.25) is 0 Å². The van der Waals surface area contributed by atoms with Gasteiger partial charge in [0, 0.05) is 6.07 Å². The van der Waals surface area contributed by atoms with Crippen molar-refractivity contribution in [3.8, 4) is 5.75 Å². The van der Waals surface area contributed by atoms with E-state index in [4.69, 9.17) is 5.11 Å². The van der Waals surface area contributed by atoms with E-state index in [0.717, 1.165) is 24.1 Å². The van der Waals surface area contributed by atoms with Gasteiger partial charge in [0.15, 0.2) is 0 Å². The SMILES string of the molecule is CCc1ccc(S(=O)(=O)Nc2ccc(C(=O)O)c(O)c2)cc1. The average molecular weight is 321 g/mol. The van der Waals surface area contributed by atoms with E-state index in [0.29, 0.717) is 0 Å². The molecule has 0 unspecified atom stereocenters. The molecule has 6 nitrogen and oxygen atoms in total. The highest BCUT2D eigenvalue weighted by molar-refractivity contribution is 7.92. The quantitative estimate of drug-likeness (QED) is 0.785. The maximum absolute atomic E-state index is 12.2. The number of rotatable bonds is 5. The van der Waals surface area contributed by atoms with Crippen LogP contribution in [0.4, 0.5) is 5.69 Å². The highest BCUT2D eigenvalue weighted by Crippen LogP contribution is 2.24. The first-order valence-corrected chi connectivity index (χ1v) is 8.00. The van der Waals surface area contributed by atoms with Gasteiger partial charge in [0.1, 0.15) is 11.3 Å². The molecule has 0 radical (unpaired) electrons. The van der Waals surface area contributed by atoms with Gasteiger partial charge < -0.3 is 10.2 Å². The summed E-state index contributed by atoms with van der Waals surface area (Å²) in [5.41, 5.74) is 0.805. The van der Waals surface area contributed by atoms with E-state index in [2.05, 4.69) is 4.72 Å². The molecule has 0 aliphatic carbocycles. The fourth-order valence-electron chi connectivity index (χ4n) is 1.89. The van der Waals surface area contributed by atoms with Gasteiger partial charge in [-0.2, -0.15) is 0 Å². The Bertz CT molecular complexity index is 797. The van der Waals surface area contributed by atoms with Crippen LogP contribution in [0.25, 0.3) is 0 Å². The minimum Gasteiger partial charge on any atom is -0.507 e. The van der Waals surface area contributed by atoms with Crippen molar-refractivity contribution in [1.29, 1.82) is 0 Å². The first kappa shape index (κ1) is 15.8. The predicted octanol–water partition coefficient (Wildman–Crippen LogP) is 2.45. The molecule has 0 fully saturated rings. The molecule has 0 aromatic heterocycles. The largest absolute Gasteiger partial charge is 0.507 e. The van der Waals surface area contributed by atoms with Crippen LogP contribution < -0.4 is 4.72 Å². The van der Waals surface area contributed by atoms with Gasteiger partial charge in [0.25, 0.3) is 10.0 Å². The smallest absolute Gasteiger partial charge is 0.339 e. The maximum atomic E-state index is 12.2. The van der Waals surface area contributed by atoms with E-state index in [-0.39, 0.29) is 16.1 Å². The molecule has 0 spiro atoms. The van der Waals surface area contributed by atoms with E-state index in [1.54, 1.807) is 12.1 Å². The van der Waals surface area contributed by atoms with Crippen LogP contribution in [0.15, 0.2) is 47.4 Å². The summed E-state index contributed by atoms with van der Waals surface area (Å²) in [5, 5.41) is 18.4. The molecule has 0 aliphatic rings. The van der Waals surface area contributed by atoms with Crippen molar-refractivity contribution in [3.63, 3.8) is 0 Å². The summed E-state index contributed by atoms with van der Waals surface area (Å²) in [6, 6.07) is 9.90. The fourth-order valence-corrected chi connectivity index (χ4v) is 2.94. The molecule has 2 aromatic carbocycles. The zero-order valence-electron chi connectivity index (χ0n) is 11.8. The summed E-state index contributed by atoms with van der Waals surface area (Å²) in [4.78, 5) is 10.9. The van der Waals surface area contributed by atoms with Crippen LogP contribution in [0.3, 0.4) is 0 Å².